The number of carbonyl (C=O) groups is 1. The van der Waals surface area contributed by atoms with Crippen molar-refractivity contribution in [1.29, 1.82) is 0 Å². The van der Waals surface area contributed by atoms with Gasteiger partial charge in [-0.15, -0.1) is 0 Å². The lowest BCUT2D eigenvalue weighted by Crippen LogP contribution is -2.27. The van der Waals surface area contributed by atoms with Crippen LogP contribution in [-0.2, 0) is 9.63 Å². The minimum atomic E-state index is -0.0512. The normalized spacial score (nSPS) is 38.6. The highest BCUT2D eigenvalue weighted by Gasteiger charge is 2.43. The Morgan fingerprint density at radius 3 is 2.75 bits per heavy atom. The van der Waals surface area contributed by atoms with Crippen LogP contribution in [0.15, 0.2) is 0 Å². The van der Waals surface area contributed by atoms with Crippen LogP contribution >= 0.6 is 0 Å². The van der Waals surface area contributed by atoms with Crippen molar-refractivity contribution in [3.63, 3.8) is 0 Å². The van der Waals surface area contributed by atoms with Crippen LogP contribution in [0.25, 0.3) is 0 Å². The highest BCUT2D eigenvalue weighted by atomic mass is 16.7. The first-order valence-corrected chi connectivity index (χ1v) is 4.68. The molecular formula is C9H15NO2. The molecule has 0 aromatic rings. The first kappa shape index (κ1) is 8.05. The van der Waals surface area contributed by atoms with Crippen LogP contribution in [0.4, 0.5) is 0 Å². The molecule has 2 rings (SSSR count). The zero-order valence-electron chi connectivity index (χ0n) is 7.38. The minimum absolute atomic E-state index is 0.0512. The second-order valence-corrected chi connectivity index (χ2v) is 3.91. The molecule has 3 unspecified atom stereocenters. The second kappa shape index (κ2) is 3.05. The molecule has 0 radical (unpaired) electrons. The quantitative estimate of drug-likeness (QED) is 0.629. The first-order chi connectivity index (χ1) is 5.81. The maximum Gasteiger partial charge on any atom is 0.328 e. The largest absolute Gasteiger partial charge is 0.371 e. The molecule has 0 amide bonds. The standard InChI is InChI=1S/C9H15NO2/c1-10-12-9(11)8-5-6-2-3-7(8)4-6/h6-8,10H,2-5H2,1H3. The van der Waals surface area contributed by atoms with E-state index in [0.717, 1.165) is 12.3 Å². The summed E-state index contributed by atoms with van der Waals surface area (Å²) in [6.45, 7) is 0. The zero-order chi connectivity index (χ0) is 8.55. The summed E-state index contributed by atoms with van der Waals surface area (Å²) in [5.74, 6) is 1.57. The van der Waals surface area contributed by atoms with Crippen LogP contribution in [-0.4, -0.2) is 13.0 Å². The van der Waals surface area contributed by atoms with Crippen molar-refractivity contribution >= 4 is 5.97 Å². The van der Waals surface area contributed by atoms with E-state index in [1.165, 1.54) is 19.3 Å². The van der Waals surface area contributed by atoms with E-state index in [2.05, 4.69) is 5.48 Å². The molecule has 12 heavy (non-hydrogen) atoms. The molecule has 0 spiro atoms. The Bertz CT molecular complexity index is 193. The molecule has 2 bridgehead atoms. The van der Waals surface area contributed by atoms with Gasteiger partial charge in [0.25, 0.3) is 0 Å². The van der Waals surface area contributed by atoms with Crippen molar-refractivity contribution in [2.75, 3.05) is 7.05 Å². The van der Waals surface area contributed by atoms with Gasteiger partial charge in [-0.1, -0.05) is 6.42 Å². The predicted octanol–water partition coefficient (Wildman–Crippen LogP) is 1.10. The van der Waals surface area contributed by atoms with Crippen LogP contribution in [0.5, 0.6) is 0 Å². The Morgan fingerprint density at radius 2 is 2.25 bits per heavy atom. The summed E-state index contributed by atoms with van der Waals surface area (Å²) in [7, 11) is 1.63. The number of rotatable bonds is 2. The SMILES string of the molecule is CNOC(=O)C1CC2CCC1C2. The Labute approximate surface area is 72.4 Å². The fourth-order valence-corrected chi connectivity index (χ4v) is 2.71. The third kappa shape index (κ3) is 1.22. The van der Waals surface area contributed by atoms with Gasteiger partial charge in [-0.2, -0.15) is 5.48 Å². The van der Waals surface area contributed by atoms with Crippen molar-refractivity contribution in [3.8, 4) is 0 Å². The monoisotopic (exact) mass is 169 g/mol. The van der Waals surface area contributed by atoms with Crippen LogP contribution in [0.1, 0.15) is 25.7 Å². The van der Waals surface area contributed by atoms with Crippen LogP contribution in [0, 0.1) is 17.8 Å². The molecule has 0 aromatic carbocycles. The van der Waals surface area contributed by atoms with Crippen LogP contribution in [0.3, 0.4) is 0 Å². The average molecular weight is 169 g/mol. The van der Waals surface area contributed by atoms with Crippen molar-refractivity contribution in [1.82, 2.24) is 5.48 Å². The molecule has 0 heterocycles. The molecule has 2 saturated carbocycles. The molecule has 68 valence electrons. The van der Waals surface area contributed by atoms with Gasteiger partial charge in [0.2, 0.25) is 0 Å². The van der Waals surface area contributed by atoms with Crippen molar-refractivity contribution < 1.29 is 9.63 Å². The summed E-state index contributed by atoms with van der Waals surface area (Å²) in [5, 5.41) is 0. The zero-order valence-corrected chi connectivity index (χ0v) is 7.38. The fourth-order valence-electron chi connectivity index (χ4n) is 2.71. The lowest BCUT2D eigenvalue weighted by molar-refractivity contribution is -0.156. The van der Waals surface area contributed by atoms with Crippen molar-refractivity contribution in [3.05, 3.63) is 0 Å². The molecule has 1 N–H and O–H groups in total. The van der Waals surface area contributed by atoms with E-state index in [-0.39, 0.29) is 11.9 Å². The molecule has 2 fully saturated rings. The van der Waals surface area contributed by atoms with Crippen LogP contribution < -0.4 is 5.48 Å². The maximum atomic E-state index is 11.4. The van der Waals surface area contributed by atoms with E-state index < -0.39 is 0 Å². The van der Waals surface area contributed by atoms with Gasteiger partial charge in [-0.3, -0.25) is 4.79 Å². The van der Waals surface area contributed by atoms with Gasteiger partial charge in [-0.05, 0) is 31.1 Å². The molecule has 3 atom stereocenters. The van der Waals surface area contributed by atoms with E-state index in [1.807, 2.05) is 0 Å². The van der Waals surface area contributed by atoms with Gasteiger partial charge in [0.1, 0.15) is 0 Å². The molecule has 3 nitrogen and oxygen atoms in total. The number of hydrogen-bond acceptors (Lipinski definition) is 3. The third-order valence-electron chi connectivity index (χ3n) is 3.24. The molecule has 0 aromatic heterocycles. The van der Waals surface area contributed by atoms with E-state index in [0.29, 0.717) is 5.92 Å². The number of nitrogens with one attached hydrogen (secondary N) is 1. The highest BCUT2D eigenvalue weighted by Crippen LogP contribution is 2.48. The van der Waals surface area contributed by atoms with Crippen molar-refractivity contribution in [2.24, 2.45) is 17.8 Å². The molecule has 0 aliphatic heterocycles. The molecular weight excluding hydrogens is 154 g/mol. The summed E-state index contributed by atoms with van der Waals surface area (Å²) in [6, 6.07) is 0. The summed E-state index contributed by atoms with van der Waals surface area (Å²) in [4.78, 5) is 16.1. The summed E-state index contributed by atoms with van der Waals surface area (Å²) in [6.07, 6.45) is 4.87. The predicted molar refractivity (Wildman–Crippen MR) is 44.1 cm³/mol. The van der Waals surface area contributed by atoms with Gasteiger partial charge in [0, 0.05) is 7.05 Å². The molecule has 2 aliphatic rings. The van der Waals surface area contributed by atoms with E-state index in [4.69, 9.17) is 4.84 Å². The Morgan fingerprint density at radius 1 is 1.42 bits per heavy atom. The van der Waals surface area contributed by atoms with Gasteiger partial charge in [0.05, 0.1) is 5.92 Å². The molecule has 3 heteroatoms. The topological polar surface area (TPSA) is 38.3 Å². The highest BCUT2D eigenvalue weighted by molar-refractivity contribution is 5.73. The Hall–Kier alpha value is -0.570. The van der Waals surface area contributed by atoms with Gasteiger partial charge < -0.3 is 4.84 Å². The van der Waals surface area contributed by atoms with Crippen LogP contribution in [0.2, 0.25) is 0 Å². The third-order valence-corrected chi connectivity index (χ3v) is 3.24. The van der Waals surface area contributed by atoms with Gasteiger partial charge >= 0.3 is 5.97 Å². The van der Waals surface area contributed by atoms with Gasteiger partial charge in [-0.25, -0.2) is 0 Å². The summed E-state index contributed by atoms with van der Waals surface area (Å²) < 4.78 is 0. The van der Waals surface area contributed by atoms with Gasteiger partial charge in [0.15, 0.2) is 0 Å². The first-order valence-electron chi connectivity index (χ1n) is 4.68. The van der Waals surface area contributed by atoms with E-state index >= 15 is 0 Å². The fraction of sp³-hybridized carbons (Fsp3) is 0.889. The summed E-state index contributed by atoms with van der Waals surface area (Å²) >= 11 is 0. The average Bonchev–Trinajstić information content (AvgIpc) is 2.64. The Balaban J connectivity index is 1.93. The number of fused-ring (bicyclic) bond motifs is 2. The lowest BCUT2D eigenvalue weighted by Gasteiger charge is -2.18. The maximum absolute atomic E-state index is 11.4. The lowest BCUT2D eigenvalue weighted by atomic mass is 9.89. The number of hydrogen-bond donors (Lipinski definition) is 1. The number of hydroxylamine groups is 1. The summed E-state index contributed by atoms with van der Waals surface area (Å²) in [5.41, 5.74) is 2.45. The van der Waals surface area contributed by atoms with Crippen molar-refractivity contribution in [2.45, 2.75) is 25.7 Å². The molecule has 0 saturated heterocycles. The minimum Gasteiger partial charge on any atom is -0.371 e. The second-order valence-electron chi connectivity index (χ2n) is 3.91. The van der Waals surface area contributed by atoms with E-state index in [1.54, 1.807) is 7.05 Å². The van der Waals surface area contributed by atoms with E-state index in [9.17, 15) is 4.79 Å². The number of carbonyl (C=O) groups excluding carboxylic acids is 1. The molecule has 2 aliphatic carbocycles. The smallest absolute Gasteiger partial charge is 0.328 e. The Kier molecular flexibility index (Phi) is 2.05.